The number of amidine groups is 1. The number of urea groups is 1. The van der Waals surface area contributed by atoms with Crippen molar-refractivity contribution in [1.29, 1.82) is 5.41 Å². The van der Waals surface area contributed by atoms with Crippen LogP contribution in [0.2, 0.25) is 0 Å². The van der Waals surface area contributed by atoms with E-state index in [4.69, 9.17) is 16.2 Å². The lowest BCUT2D eigenvalue weighted by Crippen LogP contribution is -2.44. The predicted molar refractivity (Wildman–Crippen MR) is 119 cm³/mol. The Morgan fingerprint density at radius 2 is 1.73 bits per heavy atom. The third-order valence-corrected chi connectivity index (χ3v) is 5.57. The van der Waals surface area contributed by atoms with Crippen LogP contribution in [0.1, 0.15) is 30.0 Å². The van der Waals surface area contributed by atoms with Gasteiger partial charge in [0.15, 0.2) is 0 Å². The normalized spacial score (nSPS) is 17.8. The van der Waals surface area contributed by atoms with Crippen molar-refractivity contribution in [3.8, 4) is 0 Å². The average molecular weight is 451 g/mol. The molecule has 1 saturated heterocycles. The van der Waals surface area contributed by atoms with Crippen LogP contribution >= 0.6 is 0 Å². The number of carbonyl (C=O) groups excluding carboxylic acids is 3. The topological polar surface area (TPSA) is 157 Å². The van der Waals surface area contributed by atoms with E-state index in [1.807, 2.05) is 30.3 Å². The van der Waals surface area contributed by atoms with Gasteiger partial charge in [0, 0.05) is 18.7 Å². The molecule has 2 aromatic carbocycles. The molecule has 4 amide bonds. The highest BCUT2D eigenvalue weighted by Gasteiger charge is 2.55. The summed E-state index contributed by atoms with van der Waals surface area (Å²) in [7, 11) is 0. The first-order valence-corrected chi connectivity index (χ1v) is 10.3. The monoisotopic (exact) mass is 451 g/mol. The van der Waals surface area contributed by atoms with Gasteiger partial charge in [-0.3, -0.25) is 24.7 Å². The van der Waals surface area contributed by atoms with E-state index in [0.29, 0.717) is 11.1 Å². The Labute approximate surface area is 190 Å². The minimum atomic E-state index is -1.40. The van der Waals surface area contributed by atoms with Gasteiger partial charge in [0.05, 0.1) is 6.42 Å². The van der Waals surface area contributed by atoms with E-state index in [2.05, 4.69) is 5.32 Å². The average Bonchev–Trinajstić information content (AvgIpc) is 2.96. The Bertz CT molecular complexity index is 1090. The van der Waals surface area contributed by atoms with Crippen LogP contribution in [-0.2, 0) is 26.5 Å². The number of amides is 4. The number of nitrogens with two attached hydrogens (primary N) is 1. The summed E-state index contributed by atoms with van der Waals surface area (Å²) in [6.45, 7) is 1.11. The van der Waals surface area contributed by atoms with Gasteiger partial charge in [-0.1, -0.05) is 54.6 Å². The van der Waals surface area contributed by atoms with Gasteiger partial charge in [-0.15, -0.1) is 0 Å². The molecule has 172 valence electrons. The fourth-order valence-electron chi connectivity index (χ4n) is 3.70. The molecule has 10 nitrogen and oxygen atoms in total. The second-order valence-corrected chi connectivity index (χ2v) is 7.80. The standard InChI is InChI=1S/C23H25N5O5/c1-23(17-9-7-16(8-10-17)20(24)25)21(32)27(14-18(29)26-12-11-19(30)31)22(33)28(23)13-15-5-3-2-4-6-15/h2-10H,11-14H2,1H3,(H3,24,25)(H,26,29)(H,30,31). The number of carboxylic acid groups (broad SMARTS) is 1. The minimum Gasteiger partial charge on any atom is -0.481 e. The molecule has 0 spiro atoms. The maximum Gasteiger partial charge on any atom is 0.328 e. The van der Waals surface area contributed by atoms with E-state index in [9.17, 15) is 19.2 Å². The summed E-state index contributed by atoms with van der Waals surface area (Å²) in [6.07, 6.45) is -0.270. The van der Waals surface area contributed by atoms with Gasteiger partial charge in [-0.2, -0.15) is 0 Å². The van der Waals surface area contributed by atoms with Crippen LogP contribution < -0.4 is 11.1 Å². The van der Waals surface area contributed by atoms with E-state index in [-0.39, 0.29) is 25.3 Å². The van der Waals surface area contributed by atoms with Crippen LogP contribution in [0.3, 0.4) is 0 Å². The lowest BCUT2D eigenvalue weighted by Gasteiger charge is -2.32. The largest absolute Gasteiger partial charge is 0.481 e. The van der Waals surface area contributed by atoms with Crippen molar-refractivity contribution in [3.05, 3.63) is 71.3 Å². The molecule has 0 aromatic heterocycles. The molecule has 0 radical (unpaired) electrons. The molecule has 0 saturated carbocycles. The lowest BCUT2D eigenvalue weighted by atomic mass is 9.89. The van der Waals surface area contributed by atoms with Crippen LogP contribution in [0.25, 0.3) is 0 Å². The second kappa shape index (κ2) is 9.51. The van der Waals surface area contributed by atoms with Crippen molar-refractivity contribution in [2.24, 2.45) is 5.73 Å². The van der Waals surface area contributed by atoms with Gasteiger partial charge in [0.2, 0.25) is 5.91 Å². The van der Waals surface area contributed by atoms with Crippen LogP contribution in [0.15, 0.2) is 54.6 Å². The highest BCUT2D eigenvalue weighted by atomic mass is 16.4. The molecule has 33 heavy (non-hydrogen) atoms. The van der Waals surface area contributed by atoms with Crippen molar-refractivity contribution in [3.63, 3.8) is 0 Å². The summed E-state index contributed by atoms with van der Waals surface area (Å²) >= 11 is 0. The summed E-state index contributed by atoms with van der Waals surface area (Å²) in [4.78, 5) is 52.0. The number of nitrogen functional groups attached to an aromatic ring is 1. The van der Waals surface area contributed by atoms with Crippen LogP contribution in [-0.4, -0.2) is 57.6 Å². The van der Waals surface area contributed by atoms with Gasteiger partial charge in [0.1, 0.15) is 17.9 Å². The highest BCUT2D eigenvalue weighted by Crippen LogP contribution is 2.38. The molecule has 10 heteroatoms. The number of aliphatic carboxylic acids is 1. The molecule has 0 bridgehead atoms. The molecule has 5 N–H and O–H groups in total. The molecule has 0 aliphatic carbocycles. The lowest BCUT2D eigenvalue weighted by molar-refractivity contribution is -0.138. The quantitative estimate of drug-likeness (QED) is 0.255. The predicted octanol–water partition coefficient (Wildman–Crippen LogP) is 1.24. The molecule has 1 unspecified atom stereocenters. The van der Waals surface area contributed by atoms with E-state index in [0.717, 1.165) is 10.5 Å². The first-order chi connectivity index (χ1) is 15.6. The number of nitrogens with one attached hydrogen (secondary N) is 2. The number of hydrogen-bond donors (Lipinski definition) is 4. The van der Waals surface area contributed by atoms with Crippen LogP contribution in [0.5, 0.6) is 0 Å². The molecule has 2 aromatic rings. The fraction of sp³-hybridized carbons (Fsp3) is 0.261. The van der Waals surface area contributed by atoms with Crippen LogP contribution in [0.4, 0.5) is 4.79 Å². The number of imide groups is 1. The van der Waals surface area contributed by atoms with Gasteiger partial charge in [0.25, 0.3) is 5.91 Å². The Balaban J connectivity index is 1.92. The summed E-state index contributed by atoms with van der Waals surface area (Å²) in [6, 6.07) is 15.0. The number of hydrogen-bond acceptors (Lipinski definition) is 5. The highest BCUT2D eigenvalue weighted by molar-refractivity contribution is 6.09. The minimum absolute atomic E-state index is 0.109. The third kappa shape index (κ3) is 4.84. The molecule has 1 heterocycles. The number of rotatable bonds is 9. The molecule has 1 fully saturated rings. The summed E-state index contributed by atoms with van der Waals surface area (Å²) in [5.41, 5.74) is 5.92. The Hall–Kier alpha value is -4.21. The number of carbonyl (C=O) groups is 4. The number of benzene rings is 2. The zero-order valence-electron chi connectivity index (χ0n) is 18.1. The summed E-state index contributed by atoms with van der Waals surface area (Å²) < 4.78 is 0. The molecular formula is C23H25N5O5. The van der Waals surface area contributed by atoms with Gasteiger partial charge in [-0.05, 0) is 18.1 Å². The Morgan fingerprint density at radius 1 is 1.09 bits per heavy atom. The van der Waals surface area contributed by atoms with Gasteiger partial charge in [-0.25, -0.2) is 4.79 Å². The zero-order chi connectivity index (χ0) is 24.2. The van der Waals surface area contributed by atoms with Gasteiger partial charge < -0.3 is 21.1 Å². The maximum absolute atomic E-state index is 13.5. The Morgan fingerprint density at radius 3 is 2.30 bits per heavy atom. The van der Waals surface area contributed by atoms with Gasteiger partial charge >= 0.3 is 12.0 Å². The molecule has 1 aliphatic rings. The third-order valence-electron chi connectivity index (χ3n) is 5.57. The molecule has 1 aliphatic heterocycles. The molecule has 1 atom stereocenters. The SMILES string of the molecule is CC1(c2ccc(C(=N)N)cc2)C(=O)N(CC(=O)NCCC(=O)O)C(=O)N1Cc1ccccc1. The summed E-state index contributed by atoms with van der Waals surface area (Å²) in [5.74, 6) is -2.40. The van der Waals surface area contributed by atoms with E-state index in [1.54, 1.807) is 31.2 Å². The fourth-order valence-corrected chi connectivity index (χ4v) is 3.70. The molecular weight excluding hydrogens is 426 g/mol. The van der Waals surface area contributed by atoms with E-state index < -0.39 is 35.9 Å². The number of carboxylic acids is 1. The smallest absolute Gasteiger partial charge is 0.328 e. The Kier molecular flexibility index (Phi) is 6.76. The zero-order valence-corrected chi connectivity index (χ0v) is 18.1. The van der Waals surface area contributed by atoms with Crippen LogP contribution in [0, 0.1) is 5.41 Å². The van der Waals surface area contributed by atoms with Crippen molar-refractivity contribution < 1.29 is 24.3 Å². The van der Waals surface area contributed by atoms with Crippen molar-refractivity contribution in [1.82, 2.24) is 15.1 Å². The van der Waals surface area contributed by atoms with Crippen molar-refractivity contribution in [2.45, 2.75) is 25.4 Å². The maximum atomic E-state index is 13.5. The number of nitrogens with zero attached hydrogens (tertiary/aromatic N) is 2. The second-order valence-electron chi connectivity index (χ2n) is 7.80. The van der Waals surface area contributed by atoms with E-state index in [1.165, 1.54) is 4.90 Å². The van der Waals surface area contributed by atoms with Crippen molar-refractivity contribution >= 4 is 29.7 Å². The van der Waals surface area contributed by atoms with E-state index >= 15 is 0 Å². The summed E-state index contributed by atoms with van der Waals surface area (Å²) in [5, 5.41) is 18.7. The van der Waals surface area contributed by atoms with Crippen molar-refractivity contribution in [2.75, 3.05) is 13.1 Å². The molecule has 3 rings (SSSR count). The first-order valence-electron chi connectivity index (χ1n) is 10.3. The first kappa shape index (κ1) is 23.5.